The summed E-state index contributed by atoms with van der Waals surface area (Å²) in [6.45, 7) is 0.169. The summed E-state index contributed by atoms with van der Waals surface area (Å²) < 4.78 is 4.54. The molecule has 0 radical (unpaired) electrons. The minimum Gasteiger partial charge on any atom is -0.292 e. The van der Waals surface area contributed by atoms with Crippen molar-refractivity contribution in [2.45, 2.75) is 6.54 Å². The predicted molar refractivity (Wildman–Crippen MR) is 102 cm³/mol. The van der Waals surface area contributed by atoms with Crippen LogP contribution in [0.4, 0.5) is 0 Å². The smallest absolute Gasteiger partial charge is 0.264 e. The minimum absolute atomic E-state index is 0.169. The third kappa shape index (κ3) is 2.56. The lowest BCUT2D eigenvalue weighted by atomic mass is 10.3. The summed E-state index contributed by atoms with van der Waals surface area (Å²) in [6, 6.07) is 10.9. The van der Waals surface area contributed by atoms with Crippen LogP contribution in [0.2, 0.25) is 0 Å². The van der Waals surface area contributed by atoms with Crippen LogP contribution < -0.4 is 11.1 Å². The van der Waals surface area contributed by atoms with Crippen LogP contribution in [0.15, 0.2) is 70.1 Å². The molecule has 5 rings (SSSR count). The van der Waals surface area contributed by atoms with Crippen LogP contribution in [0.1, 0.15) is 5.69 Å². The van der Waals surface area contributed by atoms with Gasteiger partial charge in [0.2, 0.25) is 0 Å². The molecule has 0 aliphatic carbocycles. The van der Waals surface area contributed by atoms with Crippen molar-refractivity contribution in [3.8, 4) is 5.69 Å². The topological polar surface area (TPSA) is 87.1 Å². The van der Waals surface area contributed by atoms with Crippen LogP contribution in [0.25, 0.3) is 21.7 Å². The molecule has 0 unspecified atom stereocenters. The number of benzene rings is 1. The molecule has 4 aromatic heterocycles. The molecule has 0 saturated heterocycles. The van der Waals surface area contributed by atoms with Gasteiger partial charge in [-0.15, -0.1) is 11.3 Å². The maximum Gasteiger partial charge on any atom is 0.264 e. The van der Waals surface area contributed by atoms with Gasteiger partial charge < -0.3 is 0 Å². The van der Waals surface area contributed by atoms with Gasteiger partial charge in [-0.3, -0.25) is 18.6 Å². The van der Waals surface area contributed by atoms with Crippen LogP contribution >= 0.6 is 11.3 Å². The standard InChI is InChI=1S/C18H12N6O2S/c25-15-8-12(21-18-23(15)6-7-27-18)10-22-11-19-16-14(17(22)26)9-20-24(16)13-4-2-1-3-5-13/h1-9,11H,10H2. The molecule has 0 atom stereocenters. The Kier molecular flexibility index (Phi) is 3.47. The molecule has 27 heavy (non-hydrogen) atoms. The Morgan fingerprint density at radius 3 is 2.81 bits per heavy atom. The first kappa shape index (κ1) is 15.6. The van der Waals surface area contributed by atoms with Crippen molar-refractivity contribution in [1.29, 1.82) is 0 Å². The second-order valence-corrected chi connectivity index (χ2v) is 6.82. The average Bonchev–Trinajstić information content (AvgIpc) is 3.32. The zero-order valence-electron chi connectivity index (χ0n) is 13.9. The van der Waals surface area contributed by atoms with Crippen molar-refractivity contribution in [2.75, 3.05) is 0 Å². The molecule has 132 valence electrons. The molecule has 0 fully saturated rings. The van der Waals surface area contributed by atoms with Gasteiger partial charge in [0.1, 0.15) is 11.7 Å². The van der Waals surface area contributed by atoms with E-state index in [1.165, 1.54) is 38.9 Å². The zero-order valence-corrected chi connectivity index (χ0v) is 14.7. The van der Waals surface area contributed by atoms with E-state index in [1.54, 1.807) is 16.3 Å². The maximum atomic E-state index is 12.8. The highest BCUT2D eigenvalue weighted by molar-refractivity contribution is 7.15. The van der Waals surface area contributed by atoms with Gasteiger partial charge in [-0.25, -0.2) is 14.6 Å². The van der Waals surface area contributed by atoms with Gasteiger partial charge in [0.25, 0.3) is 11.1 Å². The Hall–Kier alpha value is -3.59. The lowest BCUT2D eigenvalue weighted by molar-refractivity contribution is 0.725. The van der Waals surface area contributed by atoms with E-state index in [-0.39, 0.29) is 17.7 Å². The van der Waals surface area contributed by atoms with E-state index in [2.05, 4.69) is 15.1 Å². The first-order valence-electron chi connectivity index (χ1n) is 8.15. The highest BCUT2D eigenvalue weighted by Gasteiger charge is 2.12. The summed E-state index contributed by atoms with van der Waals surface area (Å²) in [7, 11) is 0. The van der Waals surface area contributed by atoms with E-state index in [9.17, 15) is 9.59 Å². The fourth-order valence-electron chi connectivity index (χ4n) is 2.96. The lowest BCUT2D eigenvalue weighted by Gasteiger charge is -2.06. The van der Waals surface area contributed by atoms with Crippen LogP contribution in [0.5, 0.6) is 0 Å². The van der Waals surface area contributed by atoms with Gasteiger partial charge in [0, 0.05) is 17.6 Å². The Balaban J connectivity index is 1.59. The van der Waals surface area contributed by atoms with E-state index in [1.807, 2.05) is 30.3 Å². The van der Waals surface area contributed by atoms with Gasteiger partial charge in [0.05, 0.1) is 24.1 Å². The second kappa shape index (κ2) is 5.99. The Bertz CT molecular complexity index is 1400. The number of nitrogens with zero attached hydrogens (tertiary/aromatic N) is 6. The van der Waals surface area contributed by atoms with Crippen LogP contribution in [0, 0.1) is 0 Å². The van der Waals surface area contributed by atoms with Crippen molar-refractivity contribution in [1.82, 2.24) is 28.7 Å². The molecular formula is C18H12N6O2S. The fourth-order valence-corrected chi connectivity index (χ4v) is 3.70. The molecule has 0 amide bonds. The molecular weight excluding hydrogens is 364 g/mol. The van der Waals surface area contributed by atoms with E-state index in [4.69, 9.17) is 0 Å². The second-order valence-electron chi connectivity index (χ2n) is 5.95. The molecule has 0 N–H and O–H groups in total. The predicted octanol–water partition coefficient (Wildman–Crippen LogP) is 1.70. The summed E-state index contributed by atoms with van der Waals surface area (Å²) in [5.74, 6) is 0. The van der Waals surface area contributed by atoms with Gasteiger partial charge in [-0.05, 0) is 12.1 Å². The Morgan fingerprint density at radius 1 is 1.11 bits per heavy atom. The van der Waals surface area contributed by atoms with Crippen molar-refractivity contribution in [3.63, 3.8) is 0 Å². The number of aromatic nitrogens is 6. The molecule has 0 bridgehead atoms. The van der Waals surface area contributed by atoms with Gasteiger partial charge in [0.15, 0.2) is 10.6 Å². The molecule has 4 heterocycles. The number of fused-ring (bicyclic) bond motifs is 2. The molecule has 9 heteroatoms. The minimum atomic E-state index is -0.227. The van der Waals surface area contributed by atoms with Gasteiger partial charge in [-0.2, -0.15) is 5.10 Å². The third-order valence-electron chi connectivity index (χ3n) is 4.24. The number of rotatable bonds is 3. The fraction of sp³-hybridized carbons (Fsp3) is 0.0556. The molecule has 8 nitrogen and oxygen atoms in total. The molecule has 5 aromatic rings. The summed E-state index contributed by atoms with van der Waals surface area (Å²) in [5.41, 5.74) is 1.44. The number of para-hydroxylation sites is 1. The summed E-state index contributed by atoms with van der Waals surface area (Å²) >= 11 is 1.37. The molecule has 0 aliphatic rings. The lowest BCUT2D eigenvalue weighted by Crippen LogP contribution is -2.23. The molecule has 0 aliphatic heterocycles. The quantitative estimate of drug-likeness (QED) is 0.478. The van der Waals surface area contributed by atoms with Crippen LogP contribution in [0.3, 0.4) is 0 Å². The highest BCUT2D eigenvalue weighted by atomic mass is 32.1. The van der Waals surface area contributed by atoms with Gasteiger partial charge >= 0.3 is 0 Å². The van der Waals surface area contributed by atoms with Crippen molar-refractivity contribution in [3.05, 3.63) is 86.9 Å². The van der Waals surface area contributed by atoms with Crippen LogP contribution in [-0.2, 0) is 6.54 Å². The summed E-state index contributed by atoms with van der Waals surface area (Å²) in [6.07, 6.45) is 4.65. The maximum absolute atomic E-state index is 12.8. The van der Waals surface area contributed by atoms with Crippen molar-refractivity contribution in [2.24, 2.45) is 0 Å². The van der Waals surface area contributed by atoms with E-state index in [0.29, 0.717) is 21.7 Å². The zero-order chi connectivity index (χ0) is 18.4. The van der Waals surface area contributed by atoms with Crippen LogP contribution in [-0.4, -0.2) is 28.7 Å². The molecule has 1 aromatic carbocycles. The first-order chi connectivity index (χ1) is 13.2. The third-order valence-corrected chi connectivity index (χ3v) is 5.00. The normalized spacial score (nSPS) is 11.4. The SMILES string of the molecule is O=c1c2cnn(-c3ccccc3)c2ncn1Cc1cc(=O)n2ccsc2n1. The Morgan fingerprint density at radius 2 is 1.96 bits per heavy atom. The number of thiazole rings is 1. The summed E-state index contributed by atoms with van der Waals surface area (Å²) in [4.78, 5) is 34.4. The highest BCUT2D eigenvalue weighted by Crippen LogP contribution is 2.13. The monoisotopic (exact) mass is 376 g/mol. The van der Waals surface area contributed by atoms with E-state index < -0.39 is 0 Å². The largest absolute Gasteiger partial charge is 0.292 e. The number of hydrogen-bond acceptors (Lipinski definition) is 6. The van der Waals surface area contributed by atoms with E-state index in [0.717, 1.165) is 5.69 Å². The molecule has 0 spiro atoms. The van der Waals surface area contributed by atoms with E-state index >= 15 is 0 Å². The number of hydrogen-bond donors (Lipinski definition) is 0. The van der Waals surface area contributed by atoms with Gasteiger partial charge in [-0.1, -0.05) is 18.2 Å². The van der Waals surface area contributed by atoms with Crippen molar-refractivity contribution >= 4 is 27.3 Å². The molecule has 0 saturated carbocycles. The average molecular weight is 376 g/mol. The summed E-state index contributed by atoms with van der Waals surface area (Å²) in [5, 5.41) is 6.51. The first-order valence-corrected chi connectivity index (χ1v) is 9.03. The van der Waals surface area contributed by atoms with Crippen molar-refractivity contribution < 1.29 is 0 Å². The Labute approximate surface area is 155 Å².